The third kappa shape index (κ3) is 4.08. The van der Waals surface area contributed by atoms with Crippen molar-refractivity contribution in [1.29, 1.82) is 0 Å². The number of rotatable bonds is 1. The number of carbonyl (C=O) groups is 1. The van der Waals surface area contributed by atoms with Gasteiger partial charge in [-0.25, -0.2) is 0 Å². The fourth-order valence-corrected chi connectivity index (χ4v) is 3.12. The van der Waals surface area contributed by atoms with Gasteiger partial charge in [-0.05, 0) is 31.5 Å². The molecule has 0 aliphatic carbocycles. The van der Waals surface area contributed by atoms with E-state index in [0.717, 1.165) is 38.2 Å². The van der Waals surface area contributed by atoms with Gasteiger partial charge in [-0.2, -0.15) is 13.2 Å². The minimum absolute atomic E-state index is 0. The van der Waals surface area contributed by atoms with Crippen molar-refractivity contribution in [3.8, 4) is 0 Å². The average molecular weight is 372 g/mol. The van der Waals surface area contributed by atoms with Crippen LogP contribution in [0.4, 0.5) is 13.2 Å². The second-order valence-corrected chi connectivity index (χ2v) is 5.83. The predicted octanol–water partition coefficient (Wildman–Crippen LogP) is 2.77. The molecule has 1 unspecified atom stereocenters. The van der Waals surface area contributed by atoms with Crippen molar-refractivity contribution in [1.82, 2.24) is 15.2 Å². The first-order valence-corrected chi connectivity index (χ1v) is 6.93. The highest BCUT2D eigenvalue weighted by molar-refractivity contribution is 5.94. The lowest BCUT2D eigenvalue weighted by Crippen LogP contribution is -2.33. The van der Waals surface area contributed by atoms with E-state index in [-0.39, 0.29) is 41.7 Å². The zero-order valence-electron chi connectivity index (χ0n) is 12.2. The van der Waals surface area contributed by atoms with Crippen LogP contribution in [0.15, 0.2) is 18.3 Å². The molecule has 23 heavy (non-hydrogen) atoms. The van der Waals surface area contributed by atoms with Crippen LogP contribution in [-0.4, -0.2) is 42.0 Å². The molecule has 0 radical (unpaired) electrons. The largest absolute Gasteiger partial charge is 0.433 e. The second-order valence-electron chi connectivity index (χ2n) is 5.83. The Bertz CT molecular complexity index is 545. The second kappa shape index (κ2) is 7.23. The summed E-state index contributed by atoms with van der Waals surface area (Å²) in [5.74, 6) is -0.236. The molecule has 2 aliphatic rings. The maximum absolute atomic E-state index is 12.5. The van der Waals surface area contributed by atoms with Gasteiger partial charge in [0.1, 0.15) is 5.69 Å². The van der Waals surface area contributed by atoms with Gasteiger partial charge in [-0.1, -0.05) is 0 Å². The van der Waals surface area contributed by atoms with Crippen LogP contribution in [0.2, 0.25) is 0 Å². The molecule has 0 aromatic carbocycles. The lowest BCUT2D eigenvalue weighted by Gasteiger charge is -2.22. The zero-order chi connectivity index (χ0) is 15.1. The summed E-state index contributed by atoms with van der Waals surface area (Å²) in [4.78, 5) is 17.4. The van der Waals surface area contributed by atoms with E-state index in [4.69, 9.17) is 0 Å². The molecule has 1 spiro atoms. The van der Waals surface area contributed by atoms with Crippen molar-refractivity contribution < 1.29 is 18.0 Å². The Morgan fingerprint density at radius 2 is 2.00 bits per heavy atom. The zero-order valence-corrected chi connectivity index (χ0v) is 13.9. The summed E-state index contributed by atoms with van der Waals surface area (Å²) in [5.41, 5.74) is -0.613. The highest BCUT2D eigenvalue weighted by atomic mass is 35.5. The number of halogens is 5. The first-order chi connectivity index (χ1) is 9.90. The normalized spacial score (nSPS) is 23.5. The first kappa shape index (κ1) is 20.0. The van der Waals surface area contributed by atoms with Crippen molar-refractivity contribution in [2.45, 2.75) is 19.0 Å². The molecule has 3 heterocycles. The minimum atomic E-state index is -4.48. The Hall–Kier alpha value is -1.05. The highest BCUT2D eigenvalue weighted by Gasteiger charge is 2.42. The summed E-state index contributed by atoms with van der Waals surface area (Å²) in [6.45, 7) is 3.19. The number of likely N-dealkylation sites (tertiary alicyclic amines) is 1. The van der Waals surface area contributed by atoms with E-state index >= 15 is 0 Å². The van der Waals surface area contributed by atoms with Crippen molar-refractivity contribution in [2.24, 2.45) is 5.41 Å². The third-order valence-electron chi connectivity index (χ3n) is 4.36. The van der Waals surface area contributed by atoms with E-state index in [2.05, 4.69) is 10.3 Å². The SMILES string of the molecule is Cl.Cl.O=C(c1ccc(C(F)(F)F)nc1)N1CCC2(CCNC2)C1. The molecule has 1 N–H and O–H groups in total. The maximum Gasteiger partial charge on any atom is 0.433 e. The van der Waals surface area contributed by atoms with Crippen LogP contribution in [0.1, 0.15) is 28.9 Å². The Labute approximate surface area is 144 Å². The molecule has 2 saturated heterocycles. The van der Waals surface area contributed by atoms with Crippen molar-refractivity contribution in [3.63, 3.8) is 0 Å². The summed E-state index contributed by atoms with van der Waals surface area (Å²) >= 11 is 0. The van der Waals surface area contributed by atoms with Crippen LogP contribution in [0.25, 0.3) is 0 Å². The number of nitrogens with one attached hydrogen (secondary N) is 1. The van der Waals surface area contributed by atoms with E-state index in [0.29, 0.717) is 13.1 Å². The molecule has 2 aliphatic heterocycles. The van der Waals surface area contributed by atoms with Gasteiger partial charge in [0.25, 0.3) is 5.91 Å². The van der Waals surface area contributed by atoms with E-state index in [1.807, 2.05) is 0 Å². The Morgan fingerprint density at radius 3 is 2.52 bits per heavy atom. The lowest BCUT2D eigenvalue weighted by molar-refractivity contribution is -0.141. The molecule has 0 saturated carbocycles. The molecule has 130 valence electrons. The topological polar surface area (TPSA) is 45.2 Å². The van der Waals surface area contributed by atoms with Crippen LogP contribution in [0.3, 0.4) is 0 Å². The number of hydrogen-bond donors (Lipinski definition) is 1. The average Bonchev–Trinajstić information content (AvgIpc) is 3.08. The van der Waals surface area contributed by atoms with Gasteiger partial charge >= 0.3 is 6.18 Å². The number of nitrogens with zero attached hydrogens (tertiary/aromatic N) is 2. The number of hydrogen-bond acceptors (Lipinski definition) is 3. The van der Waals surface area contributed by atoms with Gasteiger partial charge in [0.05, 0.1) is 5.56 Å². The molecule has 1 amide bonds. The molecule has 1 aromatic heterocycles. The smallest absolute Gasteiger partial charge is 0.338 e. The summed E-state index contributed by atoms with van der Waals surface area (Å²) in [5, 5.41) is 3.30. The summed E-state index contributed by atoms with van der Waals surface area (Å²) in [7, 11) is 0. The third-order valence-corrected chi connectivity index (χ3v) is 4.36. The van der Waals surface area contributed by atoms with E-state index < -0.39 is 11.9 Å². The Kier molecular flexibility index (Phi) is 6.29. The highest BCUT2D eigenvalue weighted by Crippen LogP contribution is 2.36. The van der Waals surface area contributed by atoms with E-state index in [1.165, 1.54) is 6.07 Å². The van der Waals surface area contributed by atoms with Crippen LogP contribution in [0.5, 0.6) is 0 Å². The number of amides is 1. The lowest BCUT2D eigenvalue weighted by atomic mass is 9.86. The fourth-order valence-electron chi connectivity index (χ4n) is 3.12. The monoisotopic (exact) mass is 371 g/mol. The van der Waals surface area contributed by atoms with Crippen LogP contribution >= 0.6 is 24.8 Å². The number of alkyl halides is 3. The summed E-state index contributed by atoms with van der Waals surface area (Å²) in [6.07, 6.45) is -1.47. The summed E-state index contributed by atoms with van der Waals surface area (Å²) in [6, 6.07) is 2.06. The molecule has 4 nitrogen and oxygen atoms in total. The van der Waals surface area contributed by atoms with Crippen molar-refractivity contribution in [2.75, 3.05) is 26.2 Å². The van der Waals surface area contributed by atoms with Gasteiger partial charge in [0.2, 0.25) is 0 Å². The Morgan fingerprint density at radius 1 is 1.26 bits per heavy atom. The van der Waals surface area contributed by atoms with Gasteiger partial charge < -0.3 is 10.2 Å². The van der Waals surface area contributed by atoms with E-state index in [9.17, 15) is 18.0 Å². The molecular weight excluding hydrogens is 354 g/mol. The van der Waals surface area contributed by atoms with Crippen molar-refractivity contribution in [3.05, 3.63) is 29.6 Å². The minimum Gasteiger partial charge on any atom is -0.338 e. The van der Waals surface area contributed by atoms with Gasteiger partial charge in [0, 0.05) is 31.2 Å². The molecule has 1 atom stereocenters. The molecule has 0 bridgehead atoms. The number of aromatic nitrogens is 1. The standard InChI is InChI=1S/C14H16F3N3O.2ClH/c15-14(16,17)11-2-1-10(7-19-11)12(21)20-6-4-13(9-20)3-5-18-8-13;;/h1-2,7,18H,3-6,8-9H2;2*1H. The molecule has 1 aromatic rings. The Balaban J connectivity index is 0.00000132. The molecule has 9 heteroatoms. The van der Waals surface area contributed by atoms with Crippen LogP contribution in [-0.2, 0) is 6.18 Å². The molecule has 3 rings (SSSR count). The van der Waals surface area contributed by atoms with Gasteiger partial charge in [-0.3, -0.25) is 9.78 Å². The number of carbonyl (C=O) groups excluding carboxylic acids is 1. The van der Waals surface area contributed by atoms with Gasteiger partial charge in [-0.15, -0.1) is 24.8 Å². The molecular formula is C14H18Cl2F3N3O. The number of pyridine rings is 1. The molecule has 2 fully saturated rings. The van der Waals surface area contributed by atoms with Gasteiger partial charge in [0.15, 0.2) is 0 Å². The van der Waals surface area contributed by atoms with Crippen molar-refractivity contribution >= 4 is 30.7 Å². The fraction of sp³-hybridized carbons (Fsp3) is 0.571. The summed E-state index contributed by atoms with van der Waals surface area (Å²) < 4.78 is 37.4. The predicted molar refractivity (Wildman–Crippen MR) is 84.2 cm³/mol. The van der Waals surface area contributed by atoms with E-state index in [1.54, 1.807) is 4.90 Å². The quantitative estimate of drug-likeness (QED) is 0.825. The first-order valence-electron chi connectivity index (χ1n) is 6.93. The maximum atomic E-state index is 12.5. The van der Waals surface area contributed by atoms with Crippen LogP contribution < -0.4 is 5.32 Å². The van der Waals surface area contributed by atoms with Crippen LogP contribution in [0, 0.1) is 5.41 Å².